The van der Waals surface area contributed by atoms with Crippen molar-refractivity contribution in [3.05, 3.63) is 78.9 Å². The molecule has 0 heterocycles. The molecule has 130 valence electrons. The van der Waals surface area contributed by atoms with E-state index in [0.29, 0.717) is 18.3 Å². The topological polar surface area (TPSA) is 80.3 Å². The predicted octanol–water partition coefficient (Wildman–Crippen LogP) is -3.04. The number of rotatable bonds is 4. The average molecular weight is 646 g/mol. The zero-order valence-corrected chi connectivity index (χ0v) is 25.7. The van der Waals surface area contributed by atoms with Gasteiger partial charge < -0.3 is 19.8 Å². The number of carbonyl (C=O) groups excluding carboxylic acids is 2. The standard InChI is InChI=1S/C20H12I2O4.2K/c21-15-10-14(16(19(23)24)17(18(15)22)20(25)26)13-9-5-4-8-12(13)11-6-2-1-3-7-11;;/h1-10H,(H,23,24)(H,25,26);;/q;2*+1/p-2. The van der Waals surface area contributed by atoms with Crippen molar-refractivity contribution in [1.82, 2.24) is 0 Å². The first kappa shape index (κ1) is 27.4. The van der Waals surface area contributed by atoms with Crippen LogP contribution in [0.4, 0.5) is 0 Å². The zero-order valence-electron chi connectivity index (χ0n) is 15.2. The number of hydrogen-bond acceptors (Lipinski definition) is 4. The number of carboxylic acid groups (broad SMARTS) is 2. The second kappa shape index (κ2) is 12.4. The fourth-order valence-electron chi connectivity index (χ4n) is 2.83. The molecule has 3 aromatic rings. The smallest absolute Gasteiger partial charge is 0.545 e. The van der Waals surface area contributed by atoms with E-state index < -0.39 is 11.9 Å². The first-order valence-corrected chi connectivity index (χ1v) is 9.67. The molecule has 0 saturated heterocycles. The Morgan fingerprint density at radius 2 is 1.18 bits per heavy atom. The van der Waals surface area contributed by atoms with Crippen molar-refractivity contribution >= 4 is 57.1 Å². The van der Waals surface area contributed by atoms with Crippen molar-refractivity contribution in [3.8, 4) is 22.3 Å². The van der Waals surface area contributed by atoms with Crippen LogP contribution in [-0.2, 0) is 0 Å². The molecule has 0 aliphatic rings. The van der Waals surface area contributed by atoms with Crippen LogP contribution in [0.2, 0.25) is 0 Å². The Morgan fingerprint density at radius 1 is 0.679 bits per heavy atom. The fourth-order valence-corrected chi connectivity index (χ4v) is 4.06. The van der Waals surface area contributed by atoms with Gasteiger partial charge in [-0.25, -0.2) is 0 Å². The van der Waals surface area contributed by atoms with Gasteiger partial charge in [-0.15, -0.1) is 0 Å². The van der Waals surface area contributed by atoms with E-state index in [1.807, 2.05) is 87.6 Å². The summed E-state index contributed by atoms with van der Waals surface area (Å²) in [5.74, 6) is -3.08. The van der Waals surface area contributed by atoms with Gasteiger partial charge in [-0.05, 0) is 73.5 Å². The monoisotopic (exact) mass is 646 g/mol. The summed E-state index contributed by atoms with van der Waals surface area (Å²) in [6.07, 6.45) is 0. The molecule has 0 aliphatic carbocycles. The summed E-state index contributed by atoms with van der Waals surface area (Å²) in [5, 5.41) is 23.5. The molecule has 0 N–H and O–H groups in total. The predicted molar refractivity (Wildman–Crippen MR) is 111 cm³/mol. The van der Waals surface area contributed by atoms with Crippen molar-refractivity contribution in [2.24, 2.45) is 0 Å². The van der Waals surface area contributed by atoms with Gasteiger partial charge in [0, 0.05) is 18.3 Å². The third-order valence-corrected chi connectivity index (χ3v) is 6.93. The van der Waals surface area contributed by atoms with Crippen LogP contribution in [0.25, 0.3) is 22.3 Å². The molecular weight excluding hydrogens is 636 g/mol. The Balaban J connectivity index is 0.00000196. The van der Waals surface area contributed by atoms with Gasteiger partial charge in [0.2, 0.25) is 0 Å². The van der Waals surface area contributed by atoms with Crippen molar-refractivity contribution in [2.75, 3.05) is 0 Å². The van der Waals surface area contributed by atoms with Crippen LogP contribution in [0.5, 0.6) is 0 Å². The number of aromatic carboxylic acids is 2. The van der Waals surface area contributed by atoms with Gasteiger partial charge in [0.15, 0.2) is 0 Å². The van der Waals surface area contributed by atoms with Crippen molar-refractivity contribution < 1.29 is 123 Å². The Labute approximate surface area is 275 Å². The van der Waals surface area contributed by atoms with Crippen molar-refractivity contribution in [2.45, 2.75) is 0 Å². The van der Waals surface area contributed by atoms with E-state index in [2.05, 4.69) is 0 Å². The summed E-state index contributed by atoms with van der Waals surface area (Å²) >= 11 is 3.81. The molecule has 0 amide bonds. The van der Waals surface area contributed by atoms with Crippen LogP contribution in [0.3, 0.4) is 0 Å². The quantitative estimate of drug-likeness (QED) is 0.223. The van der Waals surface area contributed by atoms with Crippen LogP contribution < -0.4 is 113 Å². The average Bonchev–Trinajstić information content (AvgIpc) is 2.63. The van der Waals surface area contributed by atoms with E-state index in [-0.39, 0.29) is 114 Å². The van der Waals surface area contributed by atoms with E-state index in [1.54, 1.807) is 18.2 Å². The second-order valence-electron chi connectivity index (χ2n) is 5.46. The minimum Gasteiger partial charge on any atom is -0.545 e. The summed E-state index contributed by atoms with van der Waals surface area (Å²) in [6, 6.07) is 18.4. The molecular formula is C20H10I2K2O4. The zero-order chi connectivity index (χ0) is 18.8. The Hall–Kier alpha value is 1.33. The van der Waals surface area contributed by atoms with E-state index in [1.165, 1.54) is 0 Å². The maximum Gasteiger partial charge on any atom is 1.00 e. The molecule has 3 aromatic carbocycles. The van der Waals surface area contributed by atoms with Gasteiger partial charge in [-0.1, -0.05) is 54.6 Å². The van der Waals surface area contributed by atoms with Crippen molar-refractivity contribution in [3.63, 3.8) is 0 Å². The third kappa shape index (κ3) is 5.97. The molecule has 0 unspecified atom stereocenters. The molecule has 3 rings (SSSR count). The normalized spacial score (nSPS) is 9.79. The van der Waals surface area contributed by atoms with E-state index in [4.69, 9.17) is 0 Å². The van der Waals surface area contributed by atoms with Crippen LogP contribution in [0.15, 0.2) is 60.7 Å². The third-order valence-electron chi connectivity index (χ3n) is 3.93. The Kier molecular flexibility index (Phi) is 12.1. The molecule has 8 heteroatoms. The molecule has 0 saturated carbocycles. The molecule has 0 atom stereocenters. The fraction of sp³-hybridized carbons (Fsp3) is 0. The molecule has 28 heavy (non-hydrogen) atoms. The van der Waals surface area contributed by atoms with Gasteiger partial charge in [-0.3, -0.25) is 0 Å². The first-order valence-electron chi connectivity index (χ1n) is 7.51. The minimum atomic E-state index is -1.55. The Bertz CT molecular complexity index is 1020. The van der Waals surface area contributed by atoms with Crippen LogP contribution in [0.1, 0.15) is 20.7 Å². The number of benzene rings is 3. The maximum absolute atomic E-state index is 11.8. The Morgan fingerprint density at radius 3 is 1.71 bits per heavy atom. The summed E-state index contributed by atoms with van der Waals surface area (Å²) in [4.78, 5) is 23.5. The van der Waals surface area contributed by atoms with E-state index >= 15 is 0 Å². The van der Waals surface area contributed by atoms with Gasteiger partial charge >= 0.3 is 103 Å². The number of hydrogen-bond donors (Lipinski definition) is 0. The molecule has 4 nitrogen and oxygen atoms in total. The molecule has 0 radical (unpaired) electrons. The molecule has 0 fully saturated rings. The summed E-state index contributed by atoms with van der Waals surface area (Å²) in [6.45, 7) is 0. The van der Waals surface area contributed by atoms with Gasteiger partial charge in [0.1, 0.15) is 0 Å². The maximum atomic E-state index is 11.8. The number of carbonyl (C=O) groups is 2. The molecule has 0 spiro atoms. The largest absolute Gasteiger partial charge is 1.00 e. The summed E-state index contributed by atoms with van der Waals surface area (Å²) in [7, 11) is 0. The number of carboxylic acids is 2. The van der Waals surface area contributed by atoms with E-state index in [9.17, 15) is 19.8 Å². The van der Waals surface area contributed by atoms with Crippen LogP contribution in [-0.4, -0.2) is 11.9 Å². The van der Waals surface area contributed by atoms with Gasteiger partial charge in [0.25, 0.3) is 0 Å². The van der Waals surface area contributed by atoms with Gasteiger partial charge in [0.05, 0.1) is 11.9 Å². The molecule has 0 aliphatic heterocycles. The van der Waals surface area contributed by atoms with E-state index in [0.717, 1.165) is 11.1 Å². The van der Waals surface area contributed by atoms with Gasteiger partial charge in [-0.2, -0.15) is 0 Å². The number of halogens is 2. The van der Waals surface area contributed by atoms with Crippen LogP contribution in [0, 0.1) is 7.14 Å². The SMILES string of the molecule is O=C([O-])c1c(-c2ccccc2-c2ccccc2)cc(I)c(I)c1C(=O)[O-].[K+].[K+]. The minimum absolute atomic E-state index is 0. The first-order chi connectivity index (χ1) is 12.4. The molecule has 0 aromatic heterocycles. The summed E-state index contributed by atoms with van der Waals surface area (Å²) in [5.41, 5.74) is 1.91. The van der Waals surface area contributed by atoms with Crippen molar-refractivity contribution in [1.29, 1.82) is 0 Å². The van der Waals surface area contributed by atoms with Crippen LogP contribution >= 0.6 is 45.2 Å². The summed E-state index contributed by atoms with van der Waals surface area (Å²) < 4.78 is 0.952. The second-order valence-corrected chi connectivity index (χ2v) is 7.70. The molecule has 0 bridgehead atoms.